The van der Waals surface area contributed by atoms with Gasteiger partial charge in [-0.2, -0.15) is 0 Å². The molecule has 2 aliphatic rings. The van der Waals surface area contributed by atoms with Crippen molar-refractivity contribution in [3.8, 4) is 0 Å². The molecule has 5 nitrogen and oxygen atoms in total. The zero-order valence-corrected chi connectivity index (χ0v) is 18.2. The molecular formula is C26H29N3O2. The number of nitrogens with one attached hydrogen (secondary N) is 2. The minimum atomic E-state index is -0.463. The number of H-pyrrole nitrogens is 1. The van der Waals surface area contributed by atoms with Crippen molar-refractivity contribution in [2.24, 2.45) is 5.92 Å². The highest BCUT2D eigenvalue weighted by atomic mass is 16.2. The number of aromatic nitrogens is 1. The van der Waals surface area contributed by atoms with Gasteiger partial charge in [0.1, 0.15) is 6.04 Å². The summed E-state index contributed by atoms with van der Waals surface area (Å²) in [5.41, 5.74) is 5.29. The molecule has 160 valence electrons. The van der Waals surface area contributed by atoms with E-state index in [-0.39, 0.29) is 17.9 Å². The lowest BCUT2D eigenvalue weighted by Crippen LogP contribution is -2.49. The predicted molar refractivity (Wildman–Crippen MR) is 122 cm³/mol. The topological polar surface area (TPSA) is 65.2 Å². The van der Waals surface area contributed by atoms with E-state index in [1.807, 2.05) is 30.3 Å². The lowest BCUT2D eigenvalue weighted by molar-refractivity contribution is -0.127. The molecule has 5 heteroatoms. The van der Waals surface area contributed by atoms with Crippen LogP contribution in [-0.4, -0.2) is 27.7 Å². The van der Waals surface area contributed by atoms with Gasteiger partial charge < -0.3 is 15.2 Å². The molecule has 1 aliphatic carbocycles. The van der Waals surface area contributed by atoms with Crippen molar-refractivity contribution in [1.82, 2.24) is 15.2 Å². The summed E-state index contributed by atoms with van der Waals surface area (Å²) in [7, 11) is 0. The zero-order valence-electron chi connectivity index (χ0n) is 18.2. The van der Waals surface area contributed by atoms with Crippen LogP contribution in [0.5, 0.6) is 0 Å². The first-order valence-electron chi connectivity index (χ1n) is 11.3. The van der Waals surface area contributed by atoms with Crippen molar-refractivity contribution < 1.29 is 9.59 Å². The normalized spacial score (nSPS) is 18.9. The van der Waals surface area contributed by atoms with Gasteiger partial charge in [0.25, 0.3) is 5.91 Å². The SMILES string of the molecule is CC(C)C[C@@H](C(=O)N[C@@H]1CCCc2c1[nH]c1ccccc21)N1Cc2ccccc2C1=O. The maximum atomic E-state index is 13.5. The van der Waals surface area contributed by atoms with E-state index < -0.39 is 6.04 Å². The molecule has 2 heterocycles. The lowest BCUT2D eigenvalue weighted by atomic mass is 9.91. The summed E-state index contributed by atoms with van der Waals surface area (Å²) in [4.78, 5) is 31.9. The number of amides is 2. The largest absolute Gasteiger partial charge is 0.356 e. The molecule has 2 atom stereocenters. The molecule has 2 aromatic carbocycles. The molecule has 0 spiro atoms. The van der Waals surface area contributed by atoms with Gasteiger partial charge in [0.05, 0.1) is 6.04 Å². The van der Waals surface area contributed by atoms with Crippen LogP contribution < -0.4 is 5.32 Å². The third kappa shape index (κ3) is 3.52. The maximum Gasteiger partial charge on any atom is 0.255 e. The van der Waals surface area contributed by atoms with Crippen molar-refractivity contribution in [3.63, 3.8) is 0 Å². The summed E-state index contributed by atoms with van der Waals surface area (Å²) in [5.74, 6) is 0.222. The van der Waals surface area contributed by atoms with E-state index in [0.29, 0.717) is 18.9 Å². The Labute approximate surface area is 182 Å². The number of para-hydroxylation sites is 1. The molecule has 0 fully saturated rings. The fraction of sp³-hybridized carbons (Fsp3) is 0.385. The van der Waals surface area contributed by atoms with Crippen LogP contribution >= 0.6 is 0 Å². The van der Waals surface area contributed by atoms with Gasteiger partial charge >= 0.3 is 0 Å². The highest BCUT2D eigenvalue weighted by Crippen LogP contribution is 2.35. The molecule has 0 radical (unpaired) electrons. The quantitative estimate of drug-likeness (QED) is 0.633. The molecular weight excluding hydrogens is 386 g/mol. The fourth-order valence-corrected chi connectivity index (χ4v) is 5.18. The van der Waals surface area contributed by atoms with Gasteiger partial charge in [-0.1, -0.05) is 50.2 Å². The molecule has 0 saturated heterocycles. The molecule has 31 heavy (non-hydrogen) atoms. The summed E-state index contributed by atoms with van der Waals surface area (Å²) in [6, 6.07) is 15.5. The first kappa shape index (κ1) is 19.9. The number of carbonyl (C=O) groups is 2. The Morgan fingerprint density at radius 1 is 1.16 bits per heavy atom. The third-order valence-corrected chi connectivity index (χ3v) is 6.65. The Kier molecular flexibility index (Phi) is 5.05. The Morgan fingerprint density at radius 2 is 1.94 bits per heavy atom. The van der Waals surface area contributed by atoms with Crippen LogP contribution in [0.15, 0.2) is 48.5 Å². The van der Waals surface area contributed by atoms with Gasteiger partial charge in [-0.25, -0.2) is 0 Å². The standard InChI is InChI=1S/C26H29N3O2/c1-16(2)14-23(29-15-17-8-3-4-9-18(17)26(29)31)25(30)28-22-13-7-11-20-19-10-5-6-12-21(19)27-24(20)22/h3-6,8-10,12,16,22-23,27H,7,11,13-15H2,1-2H3,(H,28,30)/t22-,23+/m1/s1. The number of rotatable bonds is 5. The van der Waals surface area contributed by atoms with Crippen LogP contribution in [0.1, 0.15) is 66.3 Å². The van der Waals surface area contributed by atoms with E-state index in [9.17, 15) is 9.59 Å². The van der Waals surface area contributed by atoms with Gasteiger partial charge in [-0.05, 0) is 54.9 Å². The first-order valence-corrected chi connectivity index (χ1v) is 11.3. The second-order valence-corrected chi connectivity index (χ2v) is 9.25. The summed E-state index contributed by atoms with van der Waals surface area (Å²) in [6.45, 7) is 4.71. The number of benzene rings is 2. The van der Waals surface area contributed by atoms with Crippen molar-refractivity contribution in [3.05, 3.63) is 70.9 Å². The summed E-state index contributed by atoms with van der Waals surface area (Å²) >= 11 is 0. The van der Waals surface area contributed by atoms with E-state index in [2.05, 4.69) is 42.3 Å². The third-order valence-electron chi connectivity index (χ3n) is 6.65. The number of hydrogen-bond donors (Lipinski definition) is 2. The summed E-state index contributed by atoms with van der Waals surface area (Å²) in [6.07, 6.45) is 3.63. The zero-order chi connectivity index (χ0) is 21.5. The number of fused-ring (bicyclic) bond motifs is 4. The Bertz CT molecular complexity index is 1150. The molecule has 0 saturated carbocycles. The van der Waals surface area contributed by atoms with E-state index in [0.717, 1.165) is 41.6 Å². The van der Waals surface area contributed by atoms with Crippen molar-refractivity contribution in [2.75, 3.05) is 0 Å². The fourth-order valence-electron chi connectivity index (χ4n) is 5.18. The van der Waals surface area contributed by atoms with Gasteiger partial charge in [-0.3, -0.25) is 9.59 Å². The van der Waals surface area contributed by atoms with Crippen LogP contribution in [-0.2, 0) is 17.8 Å². The monoisotopic (exact) mass is 415 g/mol. The summed E-state index contributed by atoms with van der Waals surface area (Å²) in [5, 5.41) is 4.55. The maximum absolute atomic E-state index is 13.5. The van der Waals surface area contributed by atoms with Gasteiger partial charge in [-0.15, -0.1) is 0 Å². The van der Waals surface area contributed by atoms with Gasteiger partial charge in [0, 0.05) is 28.7 Å². The number of nitrogens with zero attached hydrogens (tertiary/aromatic N) is 1. The van der Waals surface area contributed by atoms with Crippen LogP contribution in [0.4, 0.5) is 0 Å². The second kappa shape index (κ2) is 7.88. The molecule has 0 unspecified atom stereocenters. The van der Waals surface area contributed by atoms with Crippen LogP contribution in [0, 0.1) is 5.92 Å². The molecule has 5 rings (SSSR count). The van der Waals surface area contributed by atoms with E-state index >= 15 is 0 Å². The minimum absolute atomic E-state index is 0.0358. The van der Waals surface area contributed by atoms with Gasteiger partial charge in [0.2, 0.25) is 5.91 Å². The van der Waals surface area contributed by atoms with E-state index in [1.165, 1.54) is 10.9 Å². The minimum Gasteiger partial charge on any atom is -0.356 e. The predicted octanol–water partition coefficient (Wildman–Crippen LogP) is 4.73. The van der Waals surface area contributed by atoms with Gasteiger partial charge in [0.15, 0.2) is 0 Å². The summed E-state index contributed by atoms with van der Waals surface area (Å²) < 4.78 is 0. The van der Waals surface area contributed by atoms with Crippen molar-refractivity contribution in [2.45, 2.75) is 58.2 Å². The Hall–Kier alpha value is -3.08. The number of aromatic amines is 1. The Morgan fingerprint density at radius 3 is 2.74 bits per heavy atom. The molecule has 1 aliphatic heterocycles. The number of hydrogen-bond acceptors (Lipinski definition) is 2. The van der Waals surface area contributed by atoms with E-state index in [1.54, 1.807) is 4.90 Å². The van der Waals surface area contributed by atoms with Crippen molar-refractivity contribution in [1.29, 1.82) is 0 Å². The number of carbonyl (C=O) groups excluding carboxylic acids is 2. The molecule has 2 amide bonds. The average Bonchev–Trinajstić information content (AvgIpc) is 3.31. The van der Waals surface area contributed by atoms with Crippen LogP contribution in [0.25, 0.3) is 10.9 Å². The first-order chi connectivity index (χ1) is 15.0. The molecule has 2 N–H and O–H groups in total. The highest BCUT2D eigenvalue weighted by molar-refractivity contribution is 6.01. The van der Waals surface area contributed by atoms with Crippen LogP contribution in [0.2, 0.25) is 0 Å². The molecule has 3 aromatic rings. The van der Waals surface area contributed by atoms with Crippen LogP contribution in [0.3, 0.4) is 0 Å². The van der Waals surface area contributed by atoms with Crippen molar-refractivity contribution >= 4 is 22.7 Å². The van der Waals surface area contributed by atoms with E-state index in [4.69, 9.17) is 0 Å². The molecule has 1 aromatic heterocycles. The average molecular weight is 416 g/mol. The smallest absolute Gasteiger partial charge is 0.255 e. The number of aryl methyl sites for hydroxylation is 1. The second-order valence-electron chi connectivity index (χ2n) is 9.25. The lowest BCUT2D eigenvalue weighted by Gasteiger charge is -2.31. The highest BCUT2D eigenvalue weighted by Gasteiger charge is 2.37. The Balaban J connectivity index is 1.41. The molecule has 0 bridgehead atoms.